The van der Waals surface area contributed by atoms with E-state index in [1.165, 1.54) is 0 Å². The fourth-order valence-corrected chi connectivity index (χ4v) is 1.52. The van der Waals surface area contributed by atoms with E-state index in [1.54, 1.807) is 6.07 Å². The predicted molar refractivity (Wildman–Crippen MR) is 67.9 cm³/mol. The van der Waals surface area contributed by atoms with Crippen LogP contribution in [0.4, 0.5) is 5.95 Å². The summed E-state index contributed by atoms with van der Waals surface area (Å²) in [5, 5.41) is 11.8. The van der Waals surface area contributed by atoms with E-state index in [-0.39, 0.29) is 12.5 Å². The van der Waals surface area contributed by atoms with Crippen LogP contribution in [-0.4, -0.2) is 33.7 Å². The summed E-state index contributed by atoms with van der Waals surface area (Å²) < 4.78 is 5.32. The molecule has 0 saturated carbocycles. The van der Waals surface area contributed by atoms with Gasteiger partial charge in [0.05, 0.1) is 13.0 Å². The minimum absolute atomic E-state index is 0.0395. The number of carbonyl (C=O) groups is 1. The van der Waals surface area contributed by atoms with E-state index in [0.717, 1.165) is 5.69 Å². The monoisotopic (exact) mass is 253 g/mol. The molecule has 1 atom stereocenters. The summed E-state index contributed by atoms with van der Waals surface area (Å²) in [5.74, 6) is 0.0660. The summed E-state index contributed by atoms with van der Waals surface area (Å²) in [7, 11) is 0. The molecule has 0 radical (unpaired) electrons. The van der Waals surface area contributed by atoms with Crippen molar-refractivity contribution in [2.75, 3.05) is 11.9 Å². The van der Waals surface area contributed by atoms with Crippen molar-refractivity contribution in [3.05, 3.63) is 11.8 Å². The van der Waals surface area contributed by atoms with Crippen LogP contribution in [0, 0.1) is 6.92 Å². The third-order valence-corrected chi connectivity index (χ3v) is 2.37. The maximum absolute atomic E-state index is 10.7. The Labute approximate surface area is 106 Å². The summed E-state index contributed by atoms with van der Waals surface area (Å²) in [6, 6.07) is 1.56. The van der Waals surface area contributed by atoms with Crippen LogP contribution >= 0.6 is 0 Å². The molecule has 100 valence electrons. The predicted octanol–water partition coefficient (Wildman–Crippen LogP) is 1.85. The van der Waals surface area contributed by atoms with Gasteiger partial charge in [0.1, 0.15) is 0 Å². The minimum Gasteiger partial charge on any atom is -0.481 e. The van der Waals surface area contributed by atoms with Gasteiger partial charge >= 0.3 is 5.97 Å². The second-order valence-corrected chi connectivity index (χ2v) is 3.95. The Hall–Kier alpha value is -1.85. The Morgan fingerprint density at radius 1 is 1.50 bits per heavy atom. The van der Waals surface area contributed by atoms with E-state index in [4.69, 9.17) is 9.84 Å². The van der Waals surface area contributed by atoms with Gasteiger partial charge < -0.3 is 15.2 Å². The summed E-state index contributed by atoms with van der Waals surface area (Å²) in [5.41, 5.74) is 0.779. The molecule has 0 aliphatic heterocycles. The number of nitrogens with zero attached hydrogens (tertiary/aromatic N) is 2. The van der Waals surface area contributed by atoms with Gasteiger partial charge in [-0.1, -0.05) is 6.92 Å². The molecule has 0 bridgehead atoms. The molecule has 0 aromatic carbocycles. The Bertz CT molecular complexity index is 410. The lowest BCUT2D eigenvalue weighted by molar-refractivity contribution is -0.137. The standard InChI is InChI=1S/C12H19N3O3/c1-4-9(7-11(16)17)14-12-13-8(3)6-10(15-12)18-5-2/h6,9H,4-5,7H2,1-3H3,(H,16,17)(H,13,14,15). The molecular weight excluding hydrogens is 234 g/mol. The Morgan fingerprint density at radius 3 is 2.78 bits per heavy atom. The molecule has 1 unspecified atom stereocenters. The molecule has 1 heterocycles. The second-order valence-electron chi connectivity index (χ2n) is 3.95. The van der Waals surface area contributed by atoms with Crippen molar-refractivity contribution < 1.29 is 14.6 Å². The Balaban J connectivity index is 2.78. The van der Waals surface area contributed by atoms with Crippen molar-refractivity contribution >= 4 is 11.9 Å². The lowest BCUT2D eigenvalue weighted by Crippen LogP contribution is -2.23. The third kappa shape index (κ3) is 4.57. The zero-order chi connectivity index (χ0) is 13.5. The fraction of sp³-hybridized carbons (Fsp3) is 0.583. The van der Waals surface area contributed by atoms with Crippen molar-refractivity contribution in [1.29, 1.82) is 0 Å². The molecule has 0 saturated heterocycles. The van der Waals surface area contributed by atoms with Gasteiger partial charge in [0.25, 0.3) is 0 Å². The van der Waals surface area contributed by atoms with E-state index in [1.807, 2.05) is 20.8 Å². The molecule has 1 aromatic rings. The zero-order valence-corrected chi connectivity index (χ0v) is 10.9. The average molecular weight is 253 g/mol. The first-order valence-corrected chi connectivity index (χ1v) is 6.02. The number of ether oxygens (including phenoxy) is 1. The molecule has 1 rings (SSSR count). The van der Waals surface area contributed by atoms with E-state index in [0.29, 0.717) is 24.9 Å². The molecule has 6 heteroatoms. The molecular formula is C12H19N3O3. The van der Waals surface area contributed by atoms with E-state index >= 15 is 0 Å². The van der Waals surface area contributed by atoms with Crippen molar-refractivity contribution in [3.8, 4) is 5.88 Å². The molecule has 0 spiro atoms. The first-order chi connectivity index (χ1) is 8.55. The summed E-state index contributed by atoms with van der Waals surface area (Å²) in [6.07, 6.45) is 0.728. The highest BCUT2D eigenvalue weighted by Crippen LogP contribution is 2.14. The van der Waals surface area contributed by atoms with Gasteiger partial charge in [-0.3, -0.25) is 4.79 Å². The first kappa shape index (κ1) is 14.2. The Kier molecular flexibility index (Phi) is 5.35. The Morgan fingerprint density at radius 2 is 2.22 bits per heavy atom. The molecule has 18 heavy (non-hydrogen) atoms. The van der Waals surface area contributed by atoms with Crippen LogP contribution in [0.5, 0.6) is 5.88 Å². The fourth-order valence-electron chi connectivity index (χ4n) is 1.52. The van der Waals surface area contributed by atoms with Gasteiger partial charge in [-0.05, 0) is 20.3 Å². The number of aliphatic carboxylic acids is 1. The van der Waals surface area contributed by atoms with Gasteiger partial charge in [0.15, 0.2) is 0 Å². The number of anilines is 1. The van der Waals surface area contributed by atoms with Crippen LogP contribution in [0.25, 0.3) is 0 Å². The third-order valence-electron chi connectivity index (χ3n) is 2.37. The molecule has 0 fully saturated rings. The number of rotatable bonds is 7. The lowest BCUT2D eigenvalue weighted by Gasteiger charge is -2.15. The number of hydrogen-bond donors (Lipinski definition) is 2. The minimum atomic E-state index is -0.841. The molecule has 0 amide bonds. The van der Waals surface area contributed by atoms with Crippen LogP contribution in [0.1, 0.15) is 32.4 Å². The summed E-state index contributed by atoms with van der Waals surface area (Å²) in [6.45, 7) is 6.17. The number of nitrogens with one attached hydrogen (secondary N) is 1. The first-order valence-electron chi connectivity index (χ1n) is 6.02. The number of carboxylic acid groups (broad SMARTS) is 1. The van der Waals surface area contributed by atoms with Gasteiger partial charge in [-0.25, -0.2) is 4.98 Å². The maximum Gasteiger partial charge on any atom is 0.305 e. The number of aryl methyl sites for hydroxylation is 1. The molecule has 0 aliphatic rings. The SMILES string of the molecule is CCOc1cc(C)nc(NC(CC)CC(=O)O)n1. The highest BCUT2D eigenvalue weighted by molar-refractivity contribution is 5.68. The van der Waals surface area contributed by atoms with Crippen LogP contribution < -0.4 is 10.1 Å². The van der Waals surface area contributed by atoms with E-state index in [2.05, 4.69) is 15.3 Å². The van der Waals surface area contributed by atoms with Crippen LogP contribution in [0.2, 0.25) is 0 Å². The van der Waals surface area contributed by atoms with Gasteiger partial charge in [-0.2, -0.15) is 4.98 Å². The number of carboxylic acids is 1. The van der Waals surface area contributed by atoms with Gasteiger partial charge in [0, 0.05) is 17.8 Å². The number of aromatic nitrogens is 2. The highest BCUT2D eigenvalue weighted by Gasteiger charge is 2.13. The van der Waals surface area contributed by atoms with E-state index in [9.17, 15) is 4.79 Å². The van der Waals surface area contributed by atoms with Crippen molar-refractivity contribution in [1.82, 2.24) is 9.97 Å². The number of hydrogen-bond acceptors (Lipinski definition) is 5. The van der Waals surface area contributed by atoms with Crippen molar-refractivity contribution in [2.45, 2.75) is 39.7 Å². The van der Waals surface area contributed by atoms with Crippen molar-refractivity contribution in [3.63, 3.8) is 0 Å². The summed E-state index contributed by atoms with van der Waals surface area (Å²) in [4.78, 5) is 19.1. The molecule has 1 aromatic heterocycles. The molecule has 0 aliphatic carbocycles. The largest absolute Gasteiger partial charge is 0.481 e. The van der Waals surface area contributed by atoms with E-state index < -0.39 is 5.97 Å². The topological polar surface area (TPSA) is 84.3 Å². The smallest absolute Gasteiger partial charge is 0.305 e. The molecule has 2 N–H and O–H groups in total. The van der Waals surface area contributed by atoms with Crippen LogP contribution in [0.15, 0.2) is 6.07 Å². The van der Waals surface area contributed by atoms with Crippen molar-refractivity contribution in [2.24, 2.45) is 0 Å². The highest BCUT2D eigenvalue weighted by atomic mass is 16.5. The zero-order valence-electron chi connectivity index (χ0n) is 10.9. The second kappa shape index (κ2) is 6.78. The van der Waals surface area contributed by atoms with Crippen LogP contribution in [-0.2, 0) is 4.79 Å². The maximum atomic E-state index is 10.7. The van der Waals surface area contributed by atoms with Gasteiger partial charge in [-0.15, -0.1) is 0 Å². The summed E-state index contributed by atoms with van der Waals surface area (Å²) >= 11 is 0. The van der Waals surface area contributed by atoms with Gasteiger partial charge in [0.2, 0.25) is 11.8 Å². The quantitative estimate of drug-likeness (QED) is 0.771. The lowest BCUT2D eigenvalue weighted by atomic mass is 10.1. The normalized spacial score (nSPS) is 11.9. The molecule has 6 nitrogen and oxygen atoms in total. The van der Waals surface area contributed by atoms with Crippen LogP contribution in [0.3, 0.4) is 0 Å². The average Bonchev–Trinajstić information content (AvgIpc) is 2.27.